The molecule has 2 heterocycles. The average molecular weight is 345 g/mol. The number of fused-ring (bicyclic) bond motifs is 2. The van der Waals surface area contributed by atoms with Crippen molar-refractivity contribution in [3.63, 3.8) is 0 Å². The number of nitrogens with one attached hydrogen (secondary N) is 1. The second-order valence-electron chi connectivity index (χ2n) is 5.38. The molecule has 124 valence electrons. The Kier molecular flexibility index (Phi) is 3.34. The molecule has 0 saturated heterocycles. The third kappa shape index (κ3) is 2.35. The molecule has 0 saturated carbocycles. The summed E-state index contributed by atoms with van der Waals surface area (Å²) in [5.74, 6) is 1.00. The van der Waals surface area contributed by atoms with Crippen molar-refractivity contribution < 1.29 is 17.9 Å². The number of rotatable bonds is 3. The number of H-pyrrole nitrogens is 1. The normalized spacial score (nSPS) is 13.9. The summed E-state index contributed by atoms with van der Waals surface area (Å²) in [4.78, 5) is 7.26. The quantitative estimate of drug-likeness (QED) is 0.786. The number of nitrogens with zero attached hydrogens (tertiary/aromatic N) is 2. The molecule has 1 N–H and O–H groups in total. The monoisotopic (exact) mass is 345 g/mol. The summed E-state index contributed by atoms with van der Waals surface area (Å²) in [6, 6.07) is 9.88. The van der Waals surface area contributed by atoms with Crippen molar-refractivity contribution >= 4 is 26.7 Å². The van der Waals surface area contributed by atoms with Crippen LogP contribution in [0.5, 0.6) is 11.5 Å². The van der Waals surface area contributed by atoms with Crippen molar-refractivity contribution in [3.8, 4) is 11.5 Å². The molecule has 3 aromatic rings. The molecule has 0 radical (unpaired) electrons. The fourth-order valence-corrected chi connectivity index (χ4v) is 3.80. The number of hydrogen-bond acceptors (Lipinski definition) is 5. The number of imidazole rings is 1. The van der Waals surface area contributed by atoms with Crippen LogP contribution in [0, 0.1) is 0 Å². The molecular formula is C16H15N3O4S. The van der Waals surface area contributed by atoms with Crippen LogP contribution in [0.4, 0.5) is 5.69 Å². The highest BCUT2D eigenvalue weighted by molar-refractivity contribution is 7.92. The highest BCUT2D eigenvalue weighted by Crippen LogP contribution is 2.34. The summed E-state index contributed by atoms with van der Waals surface area (Å²) in [5.41, 5.74) is 2.10. The SMILES string of the molecule is CN(c1ccc2nc[nH]c2c1)S(=O)(=O)c1ccc2c(c1)OCCO2. The highest BCUT2D eigenvalue weighted by Gasteiger charge is 2.24. The number of anilines is 1. The van der Waals surface area contributed by atoms with E-state index in [2.05, 4.69) is 9.97 Å². The summed E-state index contributed by atoms with van der Waals surface area (Å²) >= 11 is 0. The Morgan fingerprint density at radius 2 is 1.88 bits per heavy atom. The predicted octanol–water partition coefficient (Wildman–Crippen LogP) is 2.16. The number of ether oxygens (including phenoxy) is 2. The minimum absolute atomic E-state index is 0.152. The first kappa shape index (κ1) is 14.8. The number of aromatic amines is 1. The average Bonchev–Trinajstić information content (AvgIpc) is 3.08. The van der Waals surface area contributed by atoms with Gasteiger partial charge in [0.2, 0.25) is 0 Å². The van der Waals surface area contributed by atoms with Crippen LogP contribution in [0.15, 0.2) is 47.6 Å². The van der Waals surface area contributed by atoms with E-state index in [4.69, 9.17) is 9.47 Å². The molecule has 0 atom stereocenters. The zero-order valence-corrected chi connectivity index (χ0v) is 13.7. The third-order valence-corrected chi connectivity index (χ3v) is 5.72. The molecule has 24 heavy (non-hydrogen) atoms. The Morgan fingerprint density at radius 3 is 2.71 bits per heavy atom. The number of aromatic nitrogens is 2. The van der Waals surface area contributed by atoms with Crippen LogP contribution in [0.25, 0.3) is 11.0 Å². The second-order valence-corrected chi connectivity index (χ2v) is 7.35. The Bertz CT molecular complexity index is 1010. The Labute approximate surface area is 138 Å². The van der Waals surface area contributed by atoms with Gasteiger partial charge in [0, 0.05) is 13.1 Å². The van der Waals surface area contributed by atoms with Crippen LogP contribution < -0.4 is 13.8 Å². The third-order valence-electron chi connectivity index (χ3n) is 3.94. The molecule has 2 aromatic carbocycles. The van der Waals surface area contributed by atoms with E-state index in [1.54, 1.807) is 30.6 Å². The van der Waals surface area contributed by atoms with Gasteiger partial charge in [-0.2, -0.15) is 0 Å². The molecule has 0 amide bonds. The molecule has 0 fully saturated rings. The summed E-state index contributed by atoms with van der Waals surface area (Å²) in [7, 11) is -2.20. The van der Waals surface area contributed by atoms with Gasteiger partial charge in [0.25, 0.3) is 10.0 Å². The van der Waals surface area contributed by atoms with Crippen LogP contribution in [0.3, 0.4) is 0 Å². The fraction of sp³-hybridized carbons (Fsp3) is 0.188. The van der Waals surface area contributed by atoms with Gasteiger partial charge in [-0.15, -0.1) is 0 Å². The van der Waals surface area contributed by atoms with Crippen molar-refractivity contribution in [1.29, 1.82) is 0 Å². The lowest BCUT2D eigenvalue weighted by Crippen LogP contribution is -2.26. The Balaban J connectivity index is 1.73. The smallest absolute Gasteiger partial charge is 0.264 e. The van der Waals surface area contributed by atoms with Gasteiger partial charge in [0.1, 0.15) is 13.2 Å². The van der Waals surface area contributed by atoms with Gasteiger partial charge < -0.3 is 14.5 Å². The maximum absolute atomic E-state index is 12.9. The molecule has 8 heteroatoms. The lowest BCUT2D eigenvalue weighted by Gasteiger charge is -2.22. The maximum Gasteiger partial charge on any atom is 0.264 e. The van der Waals surface area contributed by atoms with E-state index < -0.39 is 10.0 Å². The highest BCUT2D eigenvalue weighted by atomic mass is 32.2. The van der Waals surface area contributed by atoms with Crippen molar-refractivity contribution in [2.24, 2.45) is 0 Å². The van der Waals surface area contributed by atoms with Gasteiger partial charge in [-0.1, -0.05) is 0 Å². The van der Waals surface area contributed by atoms with Gasteiger partial charge in [0.05, 0.1) is 27.9 Å². The molecule has 7 nitrogen and oxygen atoms in total. The first-order chi connectivity index (χ1) is 11.6. The van der Waals surface area contributed by atoms with Gasteiger partial charge >= 0.3 is 0 Å². The minimum Gasteiger partial charge on any atom is -0.486 e. The van der Waals surface area contributed by atoms with Crippen molar-refractivity contribution in [2.45, 2.75) is 4.90 Å². The summed E-state index contributed by atoms with van der Waals surface area (Å²) in [5, 5.41) is 0. The summed E-state index contributed by atoms with van der Waals surface area (Å²) in [6.07, 6.45) is 1.57. The lowest BCUT2D eigenvalue weighted by molar-refractivity contribution is 0.171. The van der Waals surface area contributed by atoms with Crippen LogP contribution in [-0.4, -0.2) is 38.6 Å². The van der Waals surface area contributed by atoms with Crippen LogP contribution in [0.1, 0.15) is 0 Å². The molecule has 0 bridgehead atoms. The fourth-order valence-electron chi connectivity index (χ4n) is 2.60. The predicted molar refractivity (Wildman–Crippen MR) is 89.1 cm³/mol. The van der Waals surface area contributed by atoms with E-state index in [0.717, 1.165) is 11.0 Å². The van der Waals surface area contributed by atoms with Gasteiger partial charge in [-0.3, -0.25) is 4.31 Å². The zero-order valence-electron chi connectivity index (χ0n) is 12.9. The first-order valence-corrected chi connectivity index (χ1v) is 8.81. The van der Waals surface area contributed by atoms with Gasteiger partial charge in [0.15, 0.2) is 11.5 Å². The lowest BCUT2D eigenvalue weighted by atomic mass is 10.3. The number of sulfonamides is 1. The molecule has 0 unspecified atom stereocenters. The van der Waals surface area contributed by atoms with E-state index in [0.29, 0.717) is 30.4 Å². The van der Waals surface area contributed by atoms with Crippen LogP contribution in [0.2, 0.25) is 0 Å². The largest absolute Gasteiger partial charge is 0.486 e. The molecule has 1 aliphatic heterocycles. The molecule has 4 rings (SSSR count). The molecule has 1 aliphatic rings. The van der Waals surface area contributed by atoms with E-state index >= 15 is 0 Å². The Morgan fingerprint density at radius 1 is 1.08 bits per heavy atom. The van der Waals surface area contributed by atoms with Crippen molar-refractivity contribution in [1.82, 2.24) is 9.97 Å². The molecule has 0 aliphatic carbocycles. The van der Waals surface area contributed by atoms with Crippen molar-refractivity contribution in [3.05, 3.63) is 42.7 Å². The minimum atomic E-state index is -3.71. The van der Waals surface area contributed by atoms with Gasteiger partial charge in [-0.25, -0.2) is 13.4 Å². The molecule has 1 aromatic heterocycles. The Hall–Kier alpha value is -2.74. The number of benzene rings is 2. The van der Waals surface area contributed by atoms with Crippen LogP contribution in [-0.2, 0) is 10.0 Å². The number of hydrogen-bond donors (Lipinski definition) is 1. The first-order valence-electron chi connectivity index (χ1n) is 7.37. The molecular weight excluding hydrogens is 330 g/mol. The van der Waals surface area contributed by atoms with Gasteiger partial charge in [-0.05, 0) is 30.3 Å². The van der Waals surface area contributed by atoms with Crippen molar-refractivity contribution in [2.75, 3.05) is 24.6 Å². The standard InChI is InChI=1S/C16H15N3O4S/c1-19(11-2-4-13-14(8-11)18-10-17-13)24(20,21)12-3-5-15-16(9-12)23-7-6-22-15/h2-5,8-10H,6-7H2,1H3,(H,17,18). The van der Waals surface area contributed by atoms with E-state index in [9.17, 15) is 8.42 Å². The summed E-state index contributed by atoms with van der Waals surface area (Å²) in [6.45, 7) is 0.867. The summed E-state index contributed by atoms with van der Waals surface area (Å²) < 4.78 is 37.9. The van der Waals surface area contributed by atoms with Crippen LogP contribution >= 0.6 is 0 Å². The topological polar surface area (TPSA) is 84.5 Å². The molecule has 0 spiro atoms. The van der Waals surface area contributed by atoms with E-state index in [1.165, 1.54) is 23.5 Å². The van der Waals surface area contributed by atoms with E-state index in [1.807, 2.05) is 0 Å². The zero-order chi connectivity index (χ0) is 16.7. The second kappa shape index (κ2) is 5.41. The maximum atomic E-state index is 12.9. The van der Waals surface area contributed by atoms with E-state index in [-0.39, 0.29) is 4.90 Å².